The number of carbonyl (C=O) groups is 3. The van der Waals surface area contributed by atoms with Gasteiger partial charge in [0, 0.05) is 6.42 Å². The number of amides is 1. The largest absolute Gasteiger partial charge is 0.480 e. The van der Waals surface area contributed by atoms with Crippen LogP contribution in [0.2, 0.25) is 0 Å². The summed E-state index contributed by atoms with van der Waals surface area (Å²) in [6.07, 6.45) is -5.07. The molecule has 0 aromatic heterocycles. The quantitative estimate of drug-likeness (QED) is 0.616. The van der Waals surface area contributed by atoms with Gasteiger partial charge in [-0.1, -0.05) is 0 Å². The fourth-order valence-electron chi connectivity index (χ4n) is 1.12. The molecule has 0 aliphatic heterocycles. The molecule has 0 bridgehead atoms. The summed E-state index contributed by atoms with van der Waals surface area (Å²) in [5.41, 5.74) is 0. The van der Waals surface area contributed by atoms with Crippen LogP contribution >= 0.6 is 0 Å². The number of alkyl halides is 3. The minimum absolute atomic E-state index is 0.243. The Morgan fingerprint density at radius 1 is 1.30 bits per heavy atom. The van der Waals surface area contributed by atoms with Crippen molar-refractivity contribution >= 4 is 17.8 Å². The molecular weight excluding hydrogens is 287 g/mol. The number of hydrogen-bond acceptors (Lipinski definition) is 5. The second-order valence-corrected chi connectivity index (χ2v) is 3.68. The smallest absolute Gasteiger partial charge is 0.411 e. The zero-order valence-corrected chi connectivity index (χ0v) is 10.5. The second kappa shape index (κ2) is 8.35. The SMILES string of the molecule is COC(=O)CC[C@H](NC(=O)COCC(F)(F)F)C(=O)O. The Balaban J connectivity index is 4.15. The van der Waals surface area contributed by atoms with Crippen LogP contribution in [0.1, 0.15) is 12.8 Å². The van der Waals surface area contributed by atoms with E-state index in [-0.39, 0.29) is 12.8 Å². The number of rotatable bonds is 8. The van der Waals surface area contributed by atoms with Crippen LogP contribution in [0, 0.1) is 0 Å². The van der Waals surface area contributed by atoms with E-state index in [1.54, 1.807) is 0 Å². The minimum atomic E-state index is -4.57. The van der Waals surface area contributed by atoms with Crippen molar-refractivity contribution in [2.45, 2.75) is 25.1 Å². The van der Waals surface area contributed by atoms with E-state index in [1.165, 1.54) is 0 Å². The molecule has 0 saturated heterocycles. The number of methoxy groups -OCH3 is 1. The lowest BCUT2D eigenvalue weighted by atomic mass is 10.1. The number of hydrogen-bond donors (Lipinski definition) is 2. The number of ether oxygens (including phenoxy) is 2. The van der Waals surface area contributed by atoms with Crippen molar-refractivity contribution < 1.29 is 42.1 Å². The van der Waals surface area contributed by atoms with E-state index in [0.717, 1.165) is 7.11 Å². The van der Waals surface area contributed by atoms with Crippen molar-refractivity contribution in [3.05, 3.63) is 0 Å². The topological polar surface area (TPSA) is 102 Å². The van der Waals surface area contributed by atoms with Crippen LogP contribution in [0.15, 0.2) is 0 Å². The number of halogens is 3. The Labute approximate surface area is 112 Å². The molecule has 0 aromatic rings. The highest BCUT2D eigenvalue weighted by molar-refractivity contribution is 5.84. The zero-order chi connectivity index (χ0) is 15.8. The van der Waals surface area contributed by atoms with Crippen molar-refractivity contribution in [3.8, 4) is 0 Å². The Hall–Kier alpha value is -1.84. The third-order valence-electron chi connectivity index (χ3n) is 2.00. The van der Waals surface area contributed by atoms with Crippen LogP contribution in [0.25, 0.3) is 0 Å². The van der Waals surface area contributed by atoms with Gasteiger partial charge in [-0.25, -0.2) is 4.79 Å². The van der Waals surface area contributed by atoms with Gasteiger partial charge < -0.3 is 19.9 Å². The summed E-state index contributed by atoms with van der Waals surface area (Å²) in [7, 11) is 1.11. The van der Waals surface area contributed by atoms with Gasteiger partial charge in [0.2, 0.25) is 5.91 Å². The normalized spacial score (nSPS) is 12.6. The maximum absolute atomic E-state index is 11.7. The first-order chi connectivity index (χ1) is 9.15. The molecule has 0 aliphatic rings. The maximum atomic E-state index is 11.7. The zero-order valence-electron chi connectivity index (χ0n) is 10.5. The number of carboxylic acids is 1. The summed E-state index contributed by atoms with van der Waals surface area (Å²) >= 11 is 0. The molecule has 0 saturated carbocycles. The Morgan fingerprint density at radius 2 is 1.90 bits per heavy atom. The summed E-state index contributed by atoms with van der Waals surface area (Å²) in [6.45, 7) is -2.54. The van der Waals surface area contributed by atoms with Gasteiger partial charge in [-0.3, -0.25) is 9.59 Å². The van der Waals surface area contributed by atoms with E-state index in [9.17, 15) is 27.6 Å². The maximum Gasteiger partial charge on any atom is 0.411 e. The molecule has 7 nitrogen and oxygen atoms in total. The molecule has 2 N–H and O–H groups in total. The van der Waals surface area contributed by atoms with Crippen LogP contribution < -0.4 is 5.32 Å². The molecule has 0 fully saturated rings. The summed E-state index contributed by atoms with van der Waals surface area (Å²) in [5, 5.41) is 10.7. The van der Waals surface area contributed by atoms with Gasteiger partial charge in [-0.15, -0.1) is 0 Å². The highest BCUT2D eigenvalue weighted by Gasteiger charge is 2.28. The number of aliphatic carboxylic acids is 1. The molecule has 0 radical (unpaired) electrons. The van der Waals surface area contributed by atoms with Gasteiger partial charge in [0.15, 0.2) is 0 Å². The molecule has 0 rings (SSSR count). The first kappa shape index (κ1) is 18.2. The molecule has 0 spiro atoms. The van der Waals surface area contributed by atoms with Gasteiger partial charge >= 0.3 is 18.1 Å². The third-order valence-corrected chi connectivity index (χ3v) is 2.00. The standard InChI is InChI=1S/C10H14F3NO6/c1-19-8(16)3-2-6(9(17)18)14-7(15)4-20-5-10(11,12)13/h6H,2-5H2,1H3,(H,14,15)(H,17,18)/t6-/m0/s1. The summed E-state index contributed by atoms with van der Waals surface area (Å²) in [4.78, 5) is 32.8. The Morgan fingerprint density at radius 3 is 2.35 bits per heavy atom. The van der Waals surface area contributed by atoms with E-state index in [1.807, 2.05) is 5.32 Å². The molecule has 0 heterocycles. The van der Waals surface area contributed by atoms with E-state index >= 15 is 0 Å². The van der Waals surface area contributed by atoms with Gasteiger partial charge in [0.25, 0.3) is 0 Å². The Bertz CT molecular complexity index is 357. The van der Waals surface area contributed by atoms with Crippen molar-refractivity contribution in [3.63, 3.8) is 0 Å². The summed E-state index contributed by atoms with van der Waals surface area (Å²) in [5.74, 6) is -3.11. The predicted octanol–water partition coefficient (Wildman–Crippen LogP) is 0.0879. The van der Waals surface area contributed by atoms with Crippen LogP contribution in [-0.2, 0) is 23.9 Å². The van der Waals surface area contributed by atoms with Crippen LogP contribution in [0.3, 0.4) is 0 Å². The first-order valence-electron chi connectivity index (χ1n) is 5.39. The van der Waals surface area contributed by atoms with Crippen molar-refractivity contribution in [2.75, 3.05) is 20.3 Å². The average Bonchev–Trinajstić information content (AvgIpc) is 2.31. The van der Waals surface area contributed by atoms with Gasteiger partial charge in [0.05, 0.1) is 7.11 Å². The molecule has 1 amide bonds. The molecule has 20 heavy (non-hydrogen) atoms. The van der Waals surface area contributed by atoms with E-state index in [0.29, 0.717) is 0 Å². The fraction of sp³-hybridized carbons (Fsp3) is 0.700. The first-order valence-corrected chi connectivity index (χ1v) is 5.39. The molecule has 1 atom stereocenters. The number of esters is 1. The van der Waals surface area contributed by atoms with Gasteiger partial charge in [-0.05, 0) is 6.42 Å². The van der Waals surface area contributed by atoms with E-state index in [2.05, 4.69) is 9.47 Å². The van der Waals surface area contributed by atoms with Crippen molar-refractivity contribution in [2.24, 2.45) is 0 Å². The van der Waals surface area contributed by atoms with Gasteiger partial charge in [-0.2, -0.15) is 13.2 Å². The molecule has 0 aliphatic carbocycles. The fourth-order valence-corrected chi connectivity index (χ4v) is 1.12. The van der Waals surface area contributed by atoms with Crippen molar-refractivity contribution in [1.29, 1.82) is 0 Å². The summed E-state index contributed by atoms with van der Waals surface area (Å²) < 4.78 is 43.6. The number of carbonyl (C=O) groups excluding carboxylic acids is 2. The Kier molecular flexibility index (Phi) is 7.59. The lowest BCUT2D eigenvalue weighted by molar-refractivity contribution is -0.176. The van der Waals surface area contributed by atoms with Crippen LogP contribution in [0.4, 0.5) is 13.2 Å². The van der Waals surface area contributed by atoms with Crippen molar-refractivity contribution in [1.82, 2.24) is 5.32 Å². The van der Waals surface area contributed by atoms with E-state index < -0.39 is 43.3 Å². The molecule has 10 heteroatoms. The number of carboxylic acid groups (broad SMARTS) is 1. The lowest BCUT2D eigenvalue weighted by Gasteiger charge is -2.14. The summed E-state index contributed by atoms with van der Waals surface area (Å²) in [6, 6.07) is -1.41. The average molecular weight is 301 g/mol. The van der Waals surface area contributed by atoms with Crippen LogP contribution in [0.5, 0.6) is 0 Å². The number of nitrogens with one attached hydrogen (secondary N) is 1. The highest BCUT2D eigenvalue weighted by Crippen LogP contribution is 2.14. The lowest BCUT2D eigenvalue weighted by Crippen LogP contribution is -2.43. The third kappa shape index (κ3) is 9.14. The monoisotopic (exact) mass is 301 g/mol. The minimum Gasteiger partial charge on any atom is -0.480 e. The highest BCUT2D eigenvalue weighted by atomic mass is 19.4. The molecular formula is C10H14F3NO6. The van der Waals surface area contributed by atoms with Crippen LogP contribution in [-0.4, -0.2) is 55.5 Å². The van der Waals surface area contributed by atoms with Gasteiger partial charge in [0.1, 0.15) is 19.3 Å². The molecule has 0 aromatic carbocycles. The second-order valence-electron chi connectivity index (χ2n) is 3.68. The molecule has 116 valence electrons. The molecule has 0 unspecified atom stereocenters. The predicted molar refractivity (Wildman–Crippen MR) is 57.7 cm³/mol. The van der Waals surface area contributed by atoms with E-state index in [4.69, 9.17) is 5.11 Å².